The number of anilines is 1. The molecule has 2 aromatic rings. The van der Waals surface area contributed by atoms with Crippen LogP contribution in [0.1, 0.15) is 42.3 Å². The van der Waals surface area contributed by atoms with Crippen molar-refractivity contribution in [1.29, 1.82) is 0 Å². The van der Waals surface area contributed by atoms with Crippen LogP contribution in [0.3, 0.4) is 0 Å². The molecule has 0 fully saturated rings. The summed E-state index contributed by atoms with van der Waals surface area (Å²) in [5, 5.41) is 17.2. The van der Waals surface area contributed by atoms with Crippen LogP contribution in [-0.2, 0) is 4.79 Å². The van der Waals surface area contributed by atoms with Crippen molar-refractivity contribution in [2.45, 2.75) is 33.1 Å². The molecule has 0 spiro atoms. The molecule has 9 nitrogen and oxygen atoms in total. The van der Waals surface area contributed by atoms with Crippen LogP contribution in [0, 0.1) is 17.0 Å². The van der Waals surface area contributed by atoms with E-state index >= 15 is 0 Å². The molecule has 27 heavy (non-hydrogen) atoms. The van der Waals surface area contributed by atoms with Crippen LogP contribution in [0.2, 0.25) is 0 Å². The average molecular weight is 374 g/mol. The van der Waals surface area contributed by atoms with Gasteiger partial charge in [-0.15, -0.1) is 0 Å². The summed E-state index contributed by atoms with van der Waals surface area (Å²) in [7, 11) is 0. The van der Waals surface area contributed by atoms with Gasteiger partial charge in [0.05, 0.1) is 4.92 Å². The van der Waals surface area contributed by atoms with Gasteiger partial charge in [0.2, 0.25) is 5.91 Å². The first-order chi connectivity index (χ1) is 12.9. The van der Waals surface area contributed by atoms with Crippen LogP contribution in [0.4, 0.5) is 11.5 Å². The predicted octanol–water partition coefficient (Wildman–Crippen LogP) is 3.16. The topological polar surface area (TPSA) is 119 Å². The third kappa shape index (κ3) is 5.91. The molecule has 0 saturated heterocycles. The summed E-state index contributed by atoms with van der Waals surface area (Å²) >= 11 is 0. The molecule has 0 radical (unpaired) electrons. The zero-order valence-electron chi connectivity index (χ0n) is 15.3. The second kappa shape index (κ2) is 9.46. The summed E-state index contributed by atoms with van der Waals surface area (Å²) < 4.78 is 4.89. The van der Waals surface area contributed by atoms with Gasteiger partial charge in [-0.05, 0) is 19.4 Å². The molecule has 1 aromatic heterocycles. The van der Waals surface area contributed by atoms with Crippen molar-refractivity contribution in [2.24, 2.45) is 0 Å². The maximum atomic E-state index is 12.8. The van der Waals surface area contributed by atoms with Gasteiger partial charge in [0, 0.05) is 30.3 Å². The summed E-state index contributed by atoms with van der Waals surface area (Å²) in [6.07, 6.45) is 2.60. The highest BCUT2D eigenvalue weighted by molar-refractivity contribution is 5.99. The van der Waals surface area contributed by atoms with E-state index in [0.29, 0.717) is 12.3 Å². The van der Waals surface area contributed by atoms with Gasteiger partial charge in [0.25, 0.3) is 11.6 Å². The molecule has 9 heteroatoms. The number of carbonyl (C=O) groups excluding carboxylic acids is 2. The van der Waals surface area contributed by atoms with E-state index in [1.807, 2.05) is 6.92 Å². The van der Waals surface area contributed by atoms with Crippen LogP contribution in [0.5, 0.6) is 0 Å². The Morgan fingerprint density at radius 3 is 2.70 bits per heavy atom. The molecular formula is C18H22N4O5. The zero-order valence-corrected chi connectivity index (χ0v) is 15.3. The molecule has 0 atom stereocenters. The number of hydrogen-bond donors (Lipinski definition) is 1. The molecule has 0 aliphatic heterocycles. The van der Waals surface area contributed by atoms with E-state index in [9.17, 15) is 19.7 Å². The van der Waals surface area contributed by atoms with Crippen molar-refractivity contribution in [3.05, 3.63) is 51.8 Å². The number of nitrogens with zero attached hydrogens (tertiary/aromatic N) is 3. The number of carbonyl (C=O) groups is 2. The first-order valence-corrected chi connectivity index (χ1v) is 8.67. The van der Waals surface area contributed by atoms with E-state index in [0.717, 1.165) is 19.3 Å². The Hall–Kier alpha value is -3.23. The number of benzene rings is 1. The zero-order chi connectivity index (χ0) is 19.8. The summed E-state index contributed by atoms with van der Waals surface area (Å²) in [6.45, 7) is 3.93. The van der Waals surface area contributed by atoms with Gasteiger partial charge < -0.3 is 14.7 Å². The monoisotopic (exact) mass is 374 g/mol. The fourth-order valence-corrected chi connectivity index (χ4v) is 2.52. The molecule has 2 rings (SSSR count). The standard InChI is InChI=1S/C18H22N4O5/c1-3-4-5-9-21(12-17(23)19-16-10-13(2)27-20-16)18(24)14-7-6-8-15(11-14)22(25)26/h6-8,10-11H,3-5,9,12H2,1-2H3,(H,19,20,23). The molecule has 0 aliphatic carbocycles. The van der Waals surface area contributed by atoms with E-state index < -0.39 is 16.7 Å². The molecule has 0 aliphatic rings. The van der Waals surface area contributed by atoms with Gasteiger partial charge in [-0.1, -0.05) is 31.0 Å². The number of aryl methyl sites for hydroxylation is 1. The lowest BCUT2D eigenvalue weighted by Crippen LogP contribution is -2.38. The number of unbranched alkanes of at least 4 members (excludes halogenated alkanes) is 2. The van der Waals surface area contributed by atoms with Crippen molar-refractivity contribution in [3.8, 4) is 0 Å². The Morgan fingerprint density at radius 1 is 1.30 bits per heavy atom. The maximum Gasteiger partial charge on any atom is 0.270 e. The van der Waals surface area contributed by atoms with E-state index in [2.05, 4.69) is 10.5 Å². The number of rotatable bonds is 9. The second-order valence-corrected chi connectivity index (χ2v) is 6.11. The highest BCUT2D eigenvalue weighted by atomic mass is 16.6. The van der Waals surface area contributed by atoms with Crippen molar-refractivity contribution in [1.82, 2.24) is 10.1 Å². The van der Waals surface area contributed by atoms with Gasteiger partial charge in [-0.25, -0.2) is 0 Å². The maximum absolute atomic E-state index is 12.8. The SMILES string of the molecule is CCCCCN(CC(=O)Nc1cc(C)on1)C(=O)c1cccc([N+](=O)[O-])c1. The molecule has 144 valence electrons. The van der Waals surface area contributed by atoms with Crippen LogP contribution in [0.25, 0.3) is 0 Å². The fourth-order valence-electron chi connectivity index (χ4n) is 2.52. The van der Waals surface area contributed by atoms with E-state index in [1.165, 1.54) is 29.2 Å². The lowest BCUT2D eigenvalue weighted by molar-refractivity contribution is -0.384. The van der Waals surface area contributed by atoms with Crippen LogP contribution in [-0.4, -0.2) is 39.9 Å². The number of nitrogens with one attached hydrogen (secondary N) is 1. The van der Waals surface area contributed by atoms with E-state index in [-0.39, 0.29) is 23.6 Å². The summed E-state index contributed by atoms with van der Waals surface area (Å²) in [5.74, 6) is -0.0218. The molecule has 1 heterocycles. The normalized spacial score (nSPS) is 10.4. The van der Waals surface area contributed by atoms with Gasteiger partial charge in [0.1, 0.15) is 12.3 Å². The number of amides is 2. The quantitative estimate of drug-likeness (QED) is 0.409. The van der Waals surface area contributed by atoms with Crippen molar-refractivity contribution in [3.63, 3.8) is 0 Å². The van der Waals surface area contributed by atoms with Crippen LogP contribution < -0.4 is 5.32 Å². The summed E-state index contributed by atoms with van der Waals surface area (Å²) in [6, 6.07) is 7.06. The average Bonchev–Trinajstić information content (AvgIpc) is 3.05. The van der Waals surface area contributed by atoms with Crippen LogP contribution in [0.15, 0.2) is 34.9 Å². The van der Waals surface area contributed by atoms with Crippen molar-refractivity contribution >= 4 is 23.3 Å². The molecule has 2 amide bonds. The van der Waals surface area contributed by atoms with Gasteiger partial charge >= 0.3 is 0 Å². The molecule has 0 saturated carbocycles. The summed E-state index contributed by atoms with van der Waals surface area (Å²) in [5.41, 5.74) is 0.00246. The third-order valence-electron chi connectivity index (χ3n) is 3.85. The fraction of sp³-hybridized carbons (Fsp3) is 0.389. The minimum Gasteiger partial charge on any atom is -0.360 e. The number of hydrogen-bond acceptors (Lipinski definition) is 6. The lowest BCUT2D eigenvalue weighted by Gasteiger charge is -2.22. The Labute approximate surface area is 156 Å². The summed E-state index contributed by atoms with van der Waals surface area (Å²) in [4.78, 5) is 36.8. The molecule has 0 unspecified atom stereocenters. The number of non-ortho nitro benzene ring substituents is 1. The van der Waals surface area contributed by atoms with E-state index in [4.69, 9.17) is 4.52 Å². The van der Waals surface area contributed by atoms with E-state index in [1.54, 1.807) is 13.0 Å². The first kappa shape index (κ1) is 20.1. The molecule has 1 aromatic carbocycles. The smallest absolute Gasteiger partial charge is 0.270 e. The second-order valence-electron chi connectivity index (χ2n) is 6.11. The van der Waals surface area contributed by atoms with Gasteiger partial charge in [0.15, 0.2) is 5.82 Å². The third-order valence-corrected chi connectivity index (χ3v) is 3.85. The number of nitro groups is 1. The lowest BCUT2D eigenvalue weighted by atomic mass is 10.1. The molecule has 1 N–H and O–H groups in total. The minimum absolute atomic E-state index is 0.170. The number of nitro benzene ring substituents is 1. The largest absolute Gasteiger partial charge is 0.360 e. The Bertz CT molecular complexity index is 818. The predicted molar refractivity (Wildman–Crippen MR) is 98.4 cm³/mol. The Balaban J connectivity index is 2.12. The first-order valence-electron chi connectivity index (χ1n) is 8.67. The van der Waals surface area contributed by atoms with Crippen LogP contribution >= 0.6 is 0 Å². The molecular weight excluding hydrogens is 352 g/mol. The van der Waals surface area contributed by atoms with Crippen molar-refractivity contribution < 1.29 is 19.0 Å². The van der Waals surface area contributed by atoms with Crippen molar-refractivity contribution in [2.75, 3.05) is 18.4 Å². The Kier molecular flexibility index (Phi) is 7.04. The Morgan fingerprint density at radius 2 is 2.07 bits per heavy atom. The van der Waals surface area contributed by atoms with Gasteiger partial charge in [-0.2, -0.15) is 0 Å². The van der Waals surface area contributed by atoms with Gasteiger partial charge in [-0.3, -0.25) is 19.7 Å². The highest BCUT2D eigenvalue weighted by Gasteiger charge is 2.21. The molecule has 0 bridgehead atoms. The highest BCUT2D eigenvalue weighted by Crippen LogP contribution is 2.16. The number of aromatic nitrogens is 1. The minimum atomic E-state index is -0.558.